The van der Waals surface area contributed by atoms with Crippen LogP contribution in [-0.2, 0) is 5.41 Å². The van der Waals surface area contributed by atoms with Crippen molar-refractivity contribution in [3.05, 3.63) is 35.9 Å². The molecular weight excluding hydrogens is 349 g/mol. The lowest BCUT2D eigenvalue weighted by Crippen LogP contribution is -2.37. The van der Waals surface area contributed by atoms with Gasteiger partial charge in [-0.15, -0.1) is 24.0 Å². The normalized spacial score (nSPS) is 15.8. The molecule has 1 aromatic carbocycles. The van der Waals surface area contributed by atoms with Crippen molar-refractivity contribution in [3.63, 3.8) is 0 Å². The number of nitrogens with zero attached hydrogens (tertiary/aromatic N) is 2. The van der Waals surface area contributed by atoms with Crippen molar-refractivity contribution in [2.24, 2.45) is 10.7 Å². The zero-order valence-electron chi connectivity index (χ0n) is 12.0. The lowest BCUT2D eigenvalue weighted by molar-refractivity contribution is 0.476. The Morgan fingerprint density at radius 1 is 1.32 bits per heavy atom. The van der Waals surface area contributed by atoms with Crippen LogP contribution in [0.15, 0.2) is 35.3 Å². The Morgan fingerprint density at radius 2 is 1.89 bits per heavy atom. The van der Waals surface area contributed by atoms with Crippen LogP contribution >= 0.6 is 24.0 Å². The van der Waals surface area contributed by atoms with Crippen LogP contribution in [0.3, 0.4) is 0 Å². The molecule has 0 spiro atoms. The summed E-state index contributed by atoms with van der Waals surface area (Å²) in [7, 11) is 2.03. The van der Waals surface area contributed by atoms with E-state index in [-0.39, 0.29) is 29.4 Å². The second kappa shape index (κ2) is 6.59. The SMILES string of the molecule is CN(C(N)=NCC(C)(C)c1ccccc1)C1CC1.I. The number of guanidine groups is 1. The predicted molar refractivity (Wildman–Crippen MR) is 92.2 cm³/mol. The van der Waals surface area contributed by atoms with Crippen molar-refractivity contribution in [2.75, 3.05) is 13.6 Å². The van der Waals surface area contributed by atoms with E-state index < -0.39 is 0 Å². The highest BCUT2D eigenvalue weighted by Crippen LogP contribution is 2.26. The maximum atomic E-state index is 6.02. The number of hydrogen-bond acceptors (Lipinski definition) is 1. The van der Waals surface area contributed by atoms with Crippen LogP contribution in [0.1, 0.15) is 32.3 Å². The quantitative estimate of drug-likeness (QED) is 0.501. The average molecular weight is 373 g/mol. The largest absolute Gasteiger partial charge is 0.370 e. The van der Waals surface area contributed by atoms with Gasteiger partial charge in [0.15, 0.2) is 5.96 Å². The Morgan fingerprint density at radius 3 is 2.42 bits per heavy atom. The van der Waals surface area contributed by atoms with Crippen LogP contribution in [0.25, 0.3) is 0 Å². The fourth-order valence-electron chi connectivity index (χ4n) is 2.02. The molecule has 0 heterocycles. The lowest BCUT2D eigenvalue weighted by atomic mass is 9.85. The van der Waals surface area contributed by atoms with E-state index >= 15 is 0 Å². The predicted octanol–water partition coefficient (Wildman–Crippen LogP) is 2.99. The molecule has 0 bridgehead atoms. The van der Waals surface area contributed by atoms with Crippen LogP contribution in [0, 0.1) is 0 Å². The maximum Gasteiger partial charge on any atom is 0.191 e. The molecule has 1 aromatic rings. The molecule has 2 rings (SSSR count). The van der Waals surface area contributed by atoms with Gasteiger partial charge in [-0.05, 0) is 18.4 Å². The number of nitrogens with two attached hydrogens (primary N) is 1. The minimum atomic E-state index is 0. The van der Waals surface area contributed by atoms with Gasteiger partial charge in [-0.1, -0.05) is 44.2 Å². The second-order valence-electron chi connectivity index (χ2n) is 5.77. The van der Waals surface area contributed by atoms with Crippen LogP contribution in [-0.4, -0.2) is 30.5 Å². The molecule has 1 aliphatic rings. The lowest BCUT2D eigenvalue weighted by Gasteiger charge is -2.24. The van der Waals surface area contributed by atoms with Gasteiger partial charge in [-0.3, -0.25) is 4.99 Å². The van der Waals surface area contributed by atoms with E-state index in [4.69, 9.17) is 5.73 Å². The third-order valence-corrected chi connectivity index (χ3v) is 3.65. The molecule has 0 radical (unpaired) electrons. The molecule has 3 nitrogen and oxygen atoms in total. The molecule has 0 aromatic heterocycles. The highest BCUT2D eigenvalue weighted by atomic mass is 127. The summed E-state index contributed by atoms with van der Waals surface area (Å²) >= 11 is 0. The molecule has 1 fully saturated rings. The number of aliphatic imine (C=N–C) groups is 1. The first-order valence-electron chi connectivity index (χ1n) is 6.59. The van der Waals surface area contributed by atoms with Crippen molar-refractivity contribution in [2.45, 2.75) is 38.1 Å². The van der Waals surface area contributed by atoms with E-state index in [1.165, 1.54) is 18.4 Å². The van der Waals surface area contributed by atoms with Crippen molar-refractivity contribution in [1.29, 1.82) is 0 Å². The van der Waals surface area contributed by atoms with Gasteiger partial charge in [0.25, 0.3) is 0 Å². The second-order valence-corrected chi connectivity index (χ2v) is 5.77. The summed E-state index contributed by atoms with van der Waals surface area (Å²) in [5.41, 5.74) is 7.34. The van der Waals surface area contributed by atoms with E-state index in [2.05, 4.69) is 48.0 Å². The van der Waals surface area contributed by atoms with E-state index in [0.29, 0.717) is 12.0 Å². The summed E-state index contributed by atoms with van der Waals surface area (Å²) in [6, 6.07) is 11.1. The zero-order valence-corrected chi connectivity index (χ0v) is 14.3. The monoisotopic (exact) mass is 373 g/mol. The Labute approximate surface area is 133 Å². The fraction of sp³-hybridized carbons (Fsp3) is 0.533. The number of benzene rings is 1. The molecule has 0 aliphatic heterocycles. The average Bonchev–Trinajstić information content (AvgIpc) is 3.20. The molecule has 1 saturated carbocycles. The van der Waals surface area contributed by atoms with Gasteiger partial charge in [-0.2, -0.15) is 0 Å². The van der Waals surface area contributed by atoms with Gasteiger partial charge in [0.1, 0.15) is 0 Å². The van der Waals surface area contributed by atoms with Crippen molar-refractivity contribution < 1.29 is 0 Å². The van der Waals surface area contributed by atoms with Gasteiger partial charge in [0.05, 0.1) is 6.54 Å². The Kier molecular flexibility index (Phi) is 5.64. The van der Waals surface area contributed by atoms with Crippen molar-refractivity contribution >= 4 is 29.9 Å². The smallest absolute Gasteiger partial charge is 0.191 e. The molecule has 19 heavy (non-hydrogen) atoms. The van der Waals surface area contributed by atoms with E-state index in [9.17, 15) is 0 Å². The Hall–Kier alpha value is -0.780. The van der Waals surface area contributed by atoms with Crippen molar-refractivity contribution in [3.8, 4) is 0 Å². The molecule has 2 N–H and O–H groups in total. The summed E-state index contributed by atoms with van der Waals surface area (Å²) < 4.78 is 0. The van der Waals surface area contributed by atoms with Crippen LogP contribution < -0.4 is 5.73 Å². The summed E-state index contributed by atoms with van der Waals surface area (Å²) in [6.07, 6.45) is 2.49. The fourth-order valence-corrected chi connectivity index (χ4v) is 2.02. The van der Waals surface area contributed by atoms with Crippen LogP contribution in [0.2, 0.25) is 0 Å². The van der Waals surface area contributed by atoms with Crippen LogP contribution in [0.5, 0.6) is 0 Å². The van der Waals surface area contributed by atoms with E-state index in [1.54, 1.807) is 0 Å². The Balaban J connectivity index is 0.00000180. The molecule has 4 heteroatoms. The summed E-state index contributed by atoms with van der Waals surface area (Å²) in [5, 5.41) is 0. The Bertz CT molecular complexity index is 424. The van der Waals surface area contributed by atoms with Gasteiger partial charge >= 0.3 is 0 Å². The third-order valence-electron chi connectivity index (χ3n) is 3.65. The molecule has 0 amide bonds. The zero-order chi connectivity index (χ0) is 13.2. The third kappa shape index (κ3) is 4.37. The molecule has 0 saturated heterocycles. The highest BCUT2D eigenvalue weighted by Gasteiger charge is 2.28. The van der Waals surface area contributed by atoms with Gasteiger partial charge in [-0.25, -0.2) is 0 Å². The van der Waals surface area contributed by atoms with Gasteiger partial charge < -0.3 is 10.6 Å². The number of halogens is 1. The molecular formula is C15H24IN3. The minimum absolute atomic E-state index is 0. The summed E-state index contributed by atoms with van der Waals surface area (Å²) in [4.78, 5) is 6.65. The molecule has 0 atom stereocenters. The maximum absolute atomic E-state index is 6.02. The number of hydrogen-bond donors (Lipinski definition) is 1. The highest BCUT2D eigenvalue weighted by molar-refractivity contribution is 14.0. The topological polar surface area (TPSA) is 41.6 Å². The standard InChI is InChI=1S/C15H23N3.HI/c1-15(2,12-7-5-4-6-8-12)11-17-14(16)18(3)13-9-10-13;/h4-8,13H,9-11H2,1-3H3,(H2,16,17);1H. The summed E-state index contributed by atoms with van der Waals surface area (Å²) in [6.45, 7) is 5.13. The molecule has 106 valence electrons. The minimum Gasteiger partial charge on any atom is -0.370 e. The molecule has 1 aliphatic carbocycles. The summed E-state index contributed by atoms with van der Waals surface area (Å²) in [5.74, 6) is 0.668. The van der Waals surface area contributed by atoms with Gasteiger partial charge in [0.2, 0.25) is 0 Å². The first kappa shape index (κ1) is 16.3. The molecule has 0 unspecified atom stereocenters. The first-order chi connectivity index (χ1) is 8.50. The van der Waals surface area contributed by atoms with Crippen molar-refractivity contribution in [1.82, 2.24) is 4.90 Å². The van der Waals surface area contributed by atoms with Crippen LogP contribution in [0.4, 0.5) is 0 Å². The number of rotatable bonds is 4. The van der Waals surface area contributed by atoms with E-state index in [0.717, 1.165) is 6.54 Å². The van der Waals surface area contributed by atoms with Gasteiger partial charge in [0, 0.05) is 18.5 Å². The van der Waals surface area contributed by atoms with E-state index in [1.807, 2.05) is 13.1 Å². The first-order valence-corrected chi connectivity index (χ1v) is 6.59.